The van der Waals surface area contributed by atoms with Crippen LogP contribution in [0.25, 0.3) is 0 Å². The molecule has 0 spiro atoms. The van der Waals surface area contributed by atoms with Crippen LogP contribution in [-0.4, -0.2) is 26.1 Å². The van der Waals surface area contributed by atoms with Crippen molar-refractivity contribution in [2.75, 3.05) is 12.4 Å². The summed E-state index contributed by atoms with van der Waals surface area (Å²) in [5, 5.41) is -0.163. The molecule has 5 heteroatoms. The summed E-state index contributed by atoms with van der Waals surface area (Å²) in [7, 11) is -3.09. The van der Waals surface area contributed by atoms with Crippen molar-refractivity contribution in [2.45, 2.75) is 50.7 Å². The number of rotatable bonds is 6. The largest absolute Gasteiger partial charge is 0.215 e. The van der Waals surface area contributed by atoms with Crippen LogP contribution in [0.1, 0.15) is 45.4 Å². The van der Waals surface area contributed by atoms with Crippen LogP contribution in [0.5, 0.6) is 0 Å². The third-order valence-electron chi connectivity index (χ3n) is 3.23. The molecule has 1 rings (SSSR count). The summed E-state index contributed by atoms with van der Waals surface area (Å²) in [5.74, 6) is 0.905. The summed E-state index contributed by atoms with van der Waals surface area (Å²) in [4.78, 5) is 0. The van der Waals surface area contributed by atoms with Gasteiger partial charge in [0.2, 0.25) is 10.0 Å². The summed E-state index contributed by atoms with van der Waals surface area (Å²) in [6, 6.07) is 0. The van der Waals surface area contributed by atoms with Gasteiger partial charge in [-0.25, -0.2) is 13.1 Å². The molecule has 96 valence electrons. The van der Waals surface area contributed by atoms with E-state index >= 15 is 0 Å². The topological polar surface area (TPSA) is 46.2 Å². The number of halogens is 1. The minimum absolute atomic E-state index is 0.163. The Balaban J connectivity index is 2.38. The maximum absolute atomic E-state index is 12.0. The fourth-order valence-electron chi connectivity index (χ4n) is 2.04. The van der Waals surface area contributed by atoms with Gasteiger partial charge >= 0.3 is 0 Å². The van der Waals surface area contributed by atoms with Gasteiger partial charge in [-0.05, 0) is 25.2 Å². The molecule has 1 N–H and O–H groups in total. The van der Waals surface area contributed by atoms with Gasteiger partial charge in [-0.3, -0.25) is 0 Å². The van der Waals surface area contributed by atoms with E-state index in [9.17, 15) is 8.42 Å². The number of hydrogen-bond acceptors (Lipinski definition) is 2. The zero-order valence-corrected chi connectivity index (χ0v) is 11.5. The summed E-state index contributed by atoms with van der Waals surface area (Å²) in [6.07, 6.45) is 5.76. The minimum Gasteiger partial charge on any atom is -0.215 e. The number of hydrogen-bond donors (Lipinski definition) is 1. The summed E-state index contributed by atoms with van der Waals surface area (Å²) < 4.78 is 26.6. The molecule has 0 saturated heterocycles. The highest BCUT2D eigenvalue weighted by molar-refractivity contribution is 7.90. The SMILES string of the molecule is CC(CCCl)CNS(=O)(=O)C1CCCCC1. The van der Waals surface area contributed by atoms with Gasteiger partial charge in [-0.2, -0.15) is 0 Å². The molecule has 16 heavy (non-hydrogen) atoms. The van der Waals surface area contributed by atoms with Gasteiger partial charge in [0.15, 0.2) is 0 Å². The first-order valence-corrected chi connectivity index (χ1v) is 8.19. The van der Waals surface area contributed by atoms with E-state index in [0.29, 0.717) is 18.3 Å². The zero-order valence-electron chi connectivity index (χ0n) is 9.91. The molecule has 1 unspecified atom stereocenters. The Bertz CT molecular complexity index is 286. The summed E-state index contributed by atoms with van der Waals surface area (Å²) in [6.45, 7) is 2.54. The Morgan fingerprint density at radius 2 is 1.94 bits per heavy atom. The van der Waals surface area contributed by atoms with Crippen molar-refractivity contribution in [1.29, 1.82) is 0 Å². The normalized spacial score (nSPS) is 20.9. The second kappa shape index (κ2) is 6.82. The molecule has 0 amide bonds. The Kier molecular flexibility index (Phi) is 6.08. The molecule has 1 saturated carbocycles. The van der Waals surface area contributed by atoms with Gasteiger partial charge in [0.1, 0.15) is 0 Å². The monoisotopic (exact) mass is 267 g/mol. The van der Waals surface area contributed by atoms with E-state index in [4.69, 9.17) is 11.6 Å². The van der Waals surface area contributed by atoms with Gasteiger partial charge in [0.05, 0.1) is 5.25 Å². The standard InChI is InChI=1S/C11H22ClNO2S/c1-10(7-8-12)9-13-16(14,15)11-5-3-2-4-6-11/h10-11,13H,2-9H2,1H3. The molecule has 1 fully saturated rings. The molecule has 0 aromatic heterocycles. The molecule has 1 aliphatic rings. The highest BCUT2D eigenvalue weighted by atomic mass is 35.5. The molecule has 0 aromatic carbocycles. The van der Waals surface area contributed by atoms with Crippen molar-refractivity contribution in [3.05, 3.63) is 0 Å². The van der Waals surface area contributed by atoms with Gasteiger partial charge < -0.3 is 0 Å². The Morgan fingerprint density at radius 3 is 2.50 bits per heavy atom. The van der Waals surface area contributed by atoms with E-state index in [0.717, 1.165) is 32.1 Å². The van der Waals surface area contributed by atoms with E-state index in [1.54, 1.807) is 0 Å². The lowest BCUT2D eigenvalue weighted by Crippen LogP contribution is -2.37. The first kappa shape index (κ1) is 14.3. The molecule has 0 aliphatic heterocycles. The maximum atomic E-state index is 12.0. The van der Waals surface area contributed by atoms with Crippen molar-refractivity contribution < 1.29 is 8.42 Å². The Labute approximate surface area is 104 Å². The molecule has 1 atom stereocenters. The lowest BCUT2D eigenvalue weighted by Gasteiger charge is -2.22. The van der Waals surface area contributed by atoms with Crippen molar-refractivity contribution >= 4 is 21.6 Å². The molecule has 0 aromatic rings. The second-order valence-electron chi connectivity index (χ2n) is 4.74. The number of nitrogens with one attached hydrogen (secondary N) is 1. The van der Waals surface area contributed by atoms with Crippen LogP contribution in [0.2, 0.25) is 0 Å². The predicted octanol–water partition coefficient (Wildman–Crippen LogP) is 2.50. The van der Waals surface area contributed by atoms with Crippen LogP contribution in [0.3, 0.4) is 0 Å². The van der Waals surface area contributed by atoms with E-state index in [2.05, 4.69) is 4.72 Å². The lowest BCUT2D eigenvalue weighted by molar-refractivity contribution is 0.469. The van der Waals surface area contributed by atoms with Crippen LogP contribution >= 0.6 is 11.6 Å². The average Bonchev–Trinajstić information content (AvgIpc) is 2.28. The van der Waals surface area contributed by atoms with Crippen LogP contribution < -0.4 is 4.72 Å². The predicted molar refractivity (Wildman–Crippen MR) is 68.3 cm³/mol. The van der Waals surface area contributed by atoms with Crippen LogP contribution in [-0.2, 0) is 10.0 Å². The van der Waals surface area contributed by atoms with Crippen molar-refractivity contribution in [1.82, 2.24) is 4.72 Å². The smallest absolute Gasteiger partial charge is 0.214 e. The van der Waals surface area contributed by atoms with Crippen molar-refractivity contribution in [3.63, 3.8) is 0 Å². The molecule has 3 nitrogen and oxygen atoms in total. The van der Waals surface area contributed by atoms with Crippen LogP contribution in [0, 0.1) is 5.92 Å². The first-order valence-electron chi connectivity index (χ1n) is 6.10. The molecule has 0 radical (unpaired) electrons. The van der Waals surface area contributed by atoms with Crippen LogP contribution in [0.4, 0.5) is 0 Å². The van der Waals surface area contributed by atoms with Crippen LogP contribution in [0.15, 0.2) is 0 Å². The van der Waals surface area contributed by atoms with Gasteiger partial charge in [0.25, 0.3) is 0 Å². The highest BCUT2D eigenvalue weighted by Crippen LogP contribution is 2.23. The molecular formula is C11H22ClNO2S. The molecule has 1 aliphatic carbocycles. The molecule has 0 heterocycles. The van der Waals surface area contributed by atoms with Gasteiger partial charge in [-0.1, -0.05) is 26.2 Å². The second-order valence-corrected chi connectivity index (χ2v) is 7.16. The van der Waals surface area contributed by atoms with E-state index in [1.807, 2.05) is 6.92 Å². The summed E-state index contributed by atoms with van der Waals surface area (Å²) >= 11 is 5.62. The van der Waals surface area contributed by atoms with Crippen molar-refractivity contribution in [2.24, 2.45) is 5.92 Å². The molecular weight excluding hydrogens is 246 g/mol. The fourth-order valence-corrected chi connectivity index (χ4v) is 4.12. The van der Waals surface area contributed by atoms with Gasteiger partial charge in [-0.15, -0.1) is 11.6 Å². The van der Waals surface area contributed by atoms with Crippen molar-refractivity contribution in [3.8, 4) is 0 Å². The fraction of sp³-hybridized carbons (Fsp3) is 1.00. The first-order chi connectivity index (χ1) is 7.56. The number of alkyl halides is 1. The highest BCUT2D eigenvalue weighted by Gasteiger charge is 2.26. The van der Waals surface area contributed by atoms with Gasteiger partial charge in [0, 0.05) is 12.4 Å². The lowest BCUT2D eigenvalue weighted by atomic mass is 10.0. The average molecular weight is 268 g/mol. The molecule has 0 bridgehead atoms. The Hall–Kier alpha value is 0.200. The number of sulfonamides is 1. The summed E-state index contributed by atoms with van der Waals surface area (Å²) in [5.41, 5.74) is 0. The van der Waals surface area contributed by atoms with E-state index < -0.39 is 10.0 Å². The quantitative estimate of drug-likeness (QED) is 0.752. The third-order valence-corrected chi connectivity index (χ3v) is 5.36. The van der Waals surface area contributed by atoms with E-state index in [-0.39, 0.29) is 5.25 Å². The third kappa shape index (κ3) is 4.60. The maximum Gasteiger partial charge on any atom is 0.214 e. The zero-order chi connectivity index (χ0) is 12.0. The Morgan fingerprint density at radius 1 is 1.31 bits per heavy atom. The minimum atomic E-state index is -3.09. The van der Waals surface area contributed by atoms with E-state index in [1.165, 1.54) is 6.42 Å².